The second-order valence-electron chi connectivity index (χ2n) is 7.09. The minimum Gasteiger partial charge on any atom is -0.506 e. The molecule has 1 aromatic carbocycles. The molecule has 0 bridgehead atoms. The molecule has 2 fully saturated rings. The lowest BCUT2D eigenvalue weighted by atomic mass is 10.1. The highest BCUT2D eigenvalue weighted by molar-refractivity contribution is 5.84. The Labute approximate surface area is 157 Å². The maximum Gasteiger partial charge on any atom is 0.240 e. The fraction of sp³-hybridized carbons (Fsp3) is 0.400. The summed E-state index contributed by atoms with van der Waals surface area (Å²) in [7, 11) is 0. The Bertz CT molecular complexity index is 789. The zero-order chi connectivity index (χ0) is 18.8. The van der Waals surface area contributed by atoms with Crippen molar-refractivity contribution in [3.63, 3.8) is 0 Å². The van der Waals surface area contributed by atoms with Gasteiger partial charge in [-0.15, -0.1) is 0 Å². The highest BCUT2D eigenvalue weighted by Gasteiger charge is 2.37. The Morgan fingerprint density at radius 2 is 1.78 bits per heavy atom. The molecule has 1 aromatic heterocycles. The van der Waals surface area contributed by atoms with Crippen LogP contribution in [0.4, 0.5) is 10.2 Å². The quantitative estimate of drug-likeness (QED) is 0.890. The Kier molecular flexibility index (Phi) is 4.94. The summed E-state index contributed by atoms with van der Waals surface area (Å²) >= 11 is 0. The van der Waals surface area contributed by atoms with E-state index in [-0.39, 0.29) is 23.5 Å². The van der Waals surface area contributed by atoms with Crippen molar-refractivity contribution in [3.8, 4) is 5.75 Å². The molecule has 0 aliphatic carbocycles. The van der Waals surface area contributed by atoms with Gasteiger partial charge in [0.05, 0.1) is 12.2 Å². The van der Waals surface area contributed by atoms with Crippen LogP contribution >= 0.6 is 0 Å². The van der Waals surface area contributed by atoms with Gasteiger partial charge in [-0.25, -0.2) is 9.37 Å². The summed E-state index contributed by atoms with van der Waals surface area (Å²) in [4.78, 5) is 23.4. The molecule has 1 N–H and O–H groups in total. The first kappa shape index (κ1) is 17.7. The second-order valence-corrected chi connectivity index (χ2v) is 7.09. The summed E-state index contributed by atoms with van der Waals surface area (Å²) in [5.41, 5.74) is 0.952. The van der Waals surface area contributed by atoms with E-state index >= 15 is 0 Å². The molecule has 0 saturated carbocycles. The summed E-state index contributed by atoms with van der Waals surface area (Å²) in [5.74, 6) is 0.916. The number of aromatic hydroxyl groups is 1. The molecule has 0 spiro atoms. The van der Waals surface area contributed by atoms with Crippen molar-refractivity contribution >= 4 is 11.7 Å². The number of benzene rings is 1. The number of hydrogen-bond acceptors (Lipinski definition) is 5. The molecular weight excluding hydrogens is 347 g/mol. The number of amides is 1. The smallest absolute Gasteiger partial charge is 0.240 e. The van der Waals surface area contributed by atoms with Crippen LogP contribution in [0.3, 0.4) is 0 Å². The topological polar surface area (TPSA) is 59.9 Å². The molecule has 2 aliphatic heterocycles. The zero-order valence-corrected chi connectivity index (χ0v) is 15.1. The molecule has 4 rings (SSSR count). The molecular formula is C20H23FN4O2. The fourth-order valence-electron chi connectivity index (χ4n) is 3.86. The zero-order valence-electron chi connectivity index (χ0n) is 15.1. The molecule has 2 aliphatic rings. The molecule has 27 heavy (non-hydrogen) atoms. The van der Waals surface area contributed by atoms with E-state index in [0.717, 1.165) is 50.5 Å². The number of carbonyl (C=O) groups is 1. The van der Waals surface area contributed by atoms with E-state index in [0.29, 0.717) is 6.54 Å². The third kappa shape index (κ3) is 3.88. The average molecular weight is 370 g/mol. The lowest BCUT2D eigenvalue weighted by molar-refractivity contribution is -0.132. The molecule has 0 radical (unpaired) electrons. The lowest BCUT2D eigenvalue weighted by Gasteiger charge is -2.37. The van der Waals surface area contributed by atoms with Crippen LogP contribution in [0.15, 0.2) is 42.6 Å². The van der Waals surface area contributed by atoms with Crippen molar-refractivity contribution < 1.29 is 14.3 Å². The van der Waals surface area contributed by atoms with Gasteiger partial charge in [0, 0.05) is 39.3 Å². The molecule has 2 aromatic rings. The third-order valence-electron chi connectivity index (χ3n) is 5.37. The summed E-state index contributed by atoms with van der Waals surface area (Å²) < 4.78 is 13.0. The van der Waals surface area contributed by atoms with E-state index in [1.807, 2.05) is 11.0 Å². The normalized spacial score (nSPS) is 21.1. The van der Waals surface area contributed by atoms with Gasteiger partial charge < -0.3 is 14.9 Å². The van der Waals surface area contributed by atoms with Crippen LogP contribution in [-0.2, 0) is 11.3 Å². The predicted molar refractivity (Wildman–Crippen MR) is 99.9 cm³/mol. The van der Waals surface area contributed by atoms with Gasteiger partial charge in [-0.3, -0.25) is 9.69 Å². The maximum absolute atomic E-state index is 13.0. The number of anilines is 1. The van der Waals surface area contributed by atoms with Crippen LogP contribution in [0.1, 0.15) is 12.0 Å². The molecule has 1 unspecified atom stereocenters. The monoisotopic (exact) mass is 370 g/mol. The summed E-state index contributed by atoms with van der Waals surface area (Å²) in [6, 6.07) is 9.73. The third-order valence-corrected chi connectivity index (χ3v) is 5.37. The van der Waals surface area contributed by atoms with Crippen LogP contribution in [0, 0.1) is 5.82 Å². The maximum atomic E-state index is 13.0. The molecule has 6 nitrogen and oxygen atoms in total. The van der Waals surface area contributed by atoms with Crippen molar-refractivity contribution in [2.75, 3.05) is 37.6 Å². The Morgan fingerprint density at radius 3 is 2.44 bits per heavy atom. The number of likely N-dealkylation sites (tertiary alicyclic amines) is 1. The first-order chi connectivity index (χ1) is 13.1. The van der Waals surface area contributed by atoms with Crippen LogP contribution in [0.2, 0.25) is 0 Å². The van der Waals surface area contributed by atoms with Crippen molar-refractivity contribution in [2.45, 2.75) is 19.0 Å². The molecule has 1 amide bonds. The fourth-order valence-corrected chi connectivity index (χ4v) is 3.86. The number of carbonyl (C=O) groups excluding carboxylic acids is 1. The Hall–Kier alpha value is -2.67. The number of halogens is 1. The molecule has 2 saturated heterocycles. The van der Waals surface area contributed by atoms with E-state index in [1.165, 1.54) is 18.3 Å². The summed E-state index contributed by atoms with van der Waals surface area (Å²) in [6.07, 6.45) is 2.28. The number of nitrogens with zero attached hydrogens (tertiary/aromatic N) is 4. The number of hydrogen-bond donors (Lipinski definition) is 1. The lowest BCUT2D eigenvalue weighted by Crippen LogP contribution is -2.52. The summed E-state index contributed by atoms with van der Waals surface area (Å²) in [5, 5.41) is 9.36. The van der Waals surface area contributed by atoms with E-state index in [1.54, 1.807) is 18.2 Å². The van der Waals surface area contributed by atoms with E-state index in [4.69, 9.17) is 0 Å². The van der Waals surface area contributed by atoms with Gasteiger partial charge in [-0.1, -0.05) is 12.1 Å². The first-order valence-electron chi connectivity index (χ1n) is 9.27. The minimum atomic E-state index is -0.259. The van der Waals surface area contributed by atoms with Crippen LogP contribution in [0.5, 0.6) is 5.75 Å². The van der Waals surface area contributed by atoms with Crippen molar-refractivity contribution in [1.82, 2.24) is 14.8 Å². The Morgan fingerprint density at radius 1 is 1.04 bits per heavy atom. The van der Waals surface area contributed by atoms with Crippen molar-refractivity contribution in [3.05, 3.63) is 54.0 Å². The first-order valence-corrected chi connectivity index (χ1v) is 9.27. The van der Waals surface area contributed by atoms with Gasteiger partial charge in [0.2, 0.25) is 5.91 Å². The number of piperazine rings is 1. The van der Waals surface area contributed by atoms with Crippen molar-refractivity contribution in [2.24, 2.45) is 0 Å². The van der Waals surface area contributed by atoms with Gasteiger partial charge in [-0.05, 0) is 36.2 Å². The molecule has 1 atom stereocenters. The number of rotatable bonds is 4. The summed E-state index contributed by atoms with van der Waals surface area (Å²) in [6.45, 7) is 4.50. The van der Waals surface area contributed by atoms with Crippen LogP contribution in [0.25, 0.3) is 0 Å². The van der Waals surface area contributed by atoms with Gasteiger partial charge in [0.15, 0.2) is 0 Å². The van der Waals surface area contributed by atoms with E-state index in [9.17, 15) is 14.3 Å². The standard InChI is InChI=1S/C20H23FN4O2/c21-16-3-1-15(2-4-16)14-25-8-7-18(20(25)27)23-9-11-24(12-10-23)19-6-5-17(26)13-22-19/h1-6,13,18,26H,7-12,14H2. The van der Waals surface area contributed by atoms with Crippen LogP contribution in [-0.4, -0.2) is 64.6 Å². The highest BCUT2D eigenvalue weighted by Crippen LogP contribution is 2.23. The number of pyridine rings is 1. The molecule has 7 heteroatoms. The number of aromatic nitrogens is 1. The minimum absolute atomic E-state index is 0.0691. The molecule has 142 valence electrons. The SMILES string of the molecule is O=C1C(N2CCN(c3ccc(O)cn3)CC2)CCN1Cc1ccc(F)cc1. The van der Waals surface area contributed by atoms with Gasteiger partial charge in [0.25, 0.3) is 0 Å². The van der Waals surface area contributed by atoms with E-state index < -0.39 is 0 Å². The largest absolute Gasteiger partial charge is 0.506 e. The predicted octanol–water partition coefficient (Wildman–Crippen LogP) is 1.85. The van der Waals surface area contributed by atoms with Gasteiger partial charge in [0.1, 0.15) is 17.4 Å². The average Bonchev–Trinajstić information content (AvgIpc) is 3.05. The molecule has 3 heterocycles. The van der Waals surface area contributed by atoms with Crippen LogP contribution < -0.4 is 4.90 Å². The Balaban J connectivity index is 1.33. The van der Waals surface area contributed by atoms with E-state index in [2.05, 4.69) is 14.8 Å². The van der Waals surface area contributed by atoms with Gasteiger partial charge in [-0.2, -0.15) is 0 Å². The second kappa shape index (κ2) is 7.52. The van der Waals surface area contributed by atoms with Crippen molar-refractivity contribution in [1.29, 1.82) is 0 Å². The van der Waals surface area contributed by atoms with Gasteiger partial charge >= 0.3 is 0 Å². The highest BCUT2D eigenvalue weighted by atomic mass is 19.1.